The van der Waals surface area contributed by atoms with Gasteiger partial charge in [-0.05, 0) is 69.1 Å². The van der Waals surface area contributed by atoms with Crippen molar-refractivity contribution in [3.05, 3.63) is 42.0 Å². The summed E-state index contributed by atoms with van der Waals surface area (Å²) in [6, 6.07) is 6.51. The zero-order valence-electron chi connectivity index (χ0n) is 19.2. The quantitative estimate of drug-likeness (QED) is 0.630. The second-order valence-electron chi connectivity index (χ2n) is 10.2. The van der Waals surface area contributed by atoms with Crippen LogP contribution < -0.4 is 10.2 Å². The van der Waals surface area contributed by atoms with Crippen LogP contribution in [0.1, 0.15) is 56.5 Å². The van der Waals surface area contributed by atoms with Gasteiger partial charge in [0, 0.05) is 56.1 Å². The molecule has 3 aliphatic rings. The molecular weight excluding hydrogens is 416 g/mol. The molecule has 1 saturated carbocycles. The van der Waals surface area contributed by atoms with Crippen molar-refractivity contribution < 1.29 is 9.90 Å². The molecule has 1 saturated heterocycles. The van der Waals surface area contributed by atoms with Crippen LogP contribution >= 0.6 is 0 Å². The van der Waals surface area contributed by atoms with Crippen LogP contribution in [0.5, 0.6) is 0 Å². The van der Waals surface area contributed by atoms with Gasteiger partial charge < -0.3 is 15.0 Å². The van der Waals surface area contributed by atoms with E-state index in [1.165, 1.54) is 30.6 Å². The van der Waals surface area contributed by atoms with E-state index >= 15 is 0 Å². The summed E-state index contributed by atoms with van der Waals surface area (Å²) >= 11 is 0. The Bertz CT molecular complexity index is 1170. The molecule has 2 aromatic heterocycles. The van der Waals surface area contributed by atoms with Gasteiger partial charge in [-0.3, -0.25) is 9.58 Å². The summed E-state index contributed by atoms with van der Waals surface area (Å²) in [5.74, 6) is 1.10. The lowest BCUT2D eigenvalue weighted by Gasteiger charge is -2.47. The number of carboxylic acid groups (broad SMARTS) is 1. The number of rotatable bonds is 4. The minimum Gasteiger partial charge on any atom is -0.465 e. The van der Waals surface area contributed by atoms with Gasteiger partial charge in [0.15, 0.2) is 0 Å². The number of fused-ring (bicyclic) bond motifs is 3. The van der Waals surface area contributed by atoms with Crippen molar-refractivity contribution >= 4 is 22.8 Å². The third-order valence-corrected chi connectivity index (χ3v) is 8.24. The lowest BCUT2D eigenvalue weighted by Crippen LogP contribution is -2.54. The topological polar surface area (TPSA) is 88.2 Å². The highest BCUT2D eigenvalue weighted by Crippen LogP contribution is 2.45. The summed E-state index contributed by atoms with van der Waals surface area (Å²) in [5, 5.41) is 17.7. The van der Waals surface area contributed by atoms with Crippen molar-refractivity contribution in [3.8, 4) is 0 Å². The number of anilines is 1. The Labute approximate surface area is 193 Å². The Hall–Kier alpha value is -2.87. The fraction of sp³-hybridized carbons (Fsp3) is 0.560. The van der Waals surface area contributed by atoms with Crippen LogP contribution in [0.4, 0.5) is 10.5 Å². The van der Waals surface area contributed by atoms with Crippen molar-refractivity contribution in [1.82, 2.24) is 24.6 Å². The maximum absolute atomic E-state index is 12.0. The van der Waals surface area contributed by atoms with E-state index in [0.717, 1.165) is 67.0 Å². The average molecular weight is 449 g/mol. The molecule has 33 heavy (non-hydrogen) atoms. The van der Waals surface area contributed by atoms with Crippen LogP contribution in [0.15, 0.2) is 30.6 Å². The predicted octanol–water partition coefficient (Wildman–Crippen LogP) is 4.00. The summed E-state index contributed by atoms with van der Waals surface area (Å²) in [6.07, 6.45) is 10.3. The standard InChI is InChI=1S/C25H32N6O2/c1-17-3-4-19-20(30(17)24(32)33)5-6-21-23(19)28-22(9-14-29-13-2-12-27-29)31(21)18-7-10-25(11-8-18)15-26-16-25/h2,5-6,12-13,17-18,26H,3-4,7-11,14-16H2,1H3,(H,32,33)/t17-/m0/s1. The lowest BCUT2D eigenvalue weighted by molar-refractivity contribution is 0.0844. The molecular formula is C25H32N6O2. The van der Waals surface area contributed by atoms with E-state index in [0.29, 0.717) is 11.5 Å². The zero-order valence-corrected chi connectivity index (χ0v) is 19.2. The Morgan fingerprint density at radius 3 is 2.73 bits per heavy atom. The normalized spacial score (nSPS) is 22.5. The van der Waals surface area contributed by atoms with Gasteiger partial charge in [-0.25, -0.2) is 9.78 Å². The van der Waals surface area contributed by atoms with E-state index < -0.39 is 6.09 Å². The number of nitrogens with one attached hydrogen (secondary N) is 1. The third kappa shape index (κ3) is 3.42. The monoisotopic (exact) mass is 448 g/mol. The highest BCUT2D eigenvalue weighted by Gasteiger charge is 2.41. The number of nitrogens with zero attached hydrogens (tertiary/aromatic N) is 5. The van der Waals surface area contributed by atoms with Gasteiger partial charge in [0.05, 0.1) is 16.7 Å². The Morgan fingerprint density at radius 1 is 1.24 bits per heavy atom. The number of aryl methyl sites for hydroxylation is 3. The van der Waals surface area contributed by atoms with Crippen LogP contribution in [0.3, 0.4) is 0 Å². The summed E-state index contributed by atoms with van der Waals surface area (Å²) in [4.78, 5) is 18.7. The number of aromatic nitrogens is 4. The molecule has 0 unspecified atom stereocenters. The summed E-state index contributed by atoms with van der Waals surface area (Å²) in [5.41, 5.74) is 4.56. The smallest absolute Gasteiger partial charge is 0.412 e. The molecule has 8 heteroatoms. The second-order valence-corrected chi connectivity index (χ2v) is 10.2. The Balaban J connectivity index is 1.41. The van der Waals surface area contributed by atoms with Gasteiger partial charge in [-0.1, -0.05) is 0 Å². The lowest BCUT2D eigenvalue weighted by atomic mass is 9.68. The molecule has 0 radical (unpaired) electrons. The minimum absolute atomic E-state index is 0.0144. The van der Waals surface area contributed by atoms with Crippen molar-refractivity contribution in [2.75, 3.05) is 18.0 Å². The average Bonchev–Trinajstić information content (AvgIpc) is 3.43. The molecule has 4 heterocycles. The molecule has 1 atom stereocenters. The number of amides is 1. The highest BCUT2D eigenvalue weighted by molar-refractivity contribution is 5.94. The maximum atomic E-state index is 12.0. The van der Waals surface area contributed by atoms with Crippen LogP contribution in [0, 0.1) is 5.41 Å². The Kier molecular flexibility index (Phi) is 4.94. The number of hydrogen-bond donors (Lipinski definition) is 2. The van der Waals surface area contributed by atoms with Crippen LogP contribution in [-0.4, -0.2) is 49.7 Å². The van der Waals surface area contributed by atoms with E-state index in [1.807, 2.05) is 36.1 Å². The van der Waals surface area contributed by atoms with Crippen molar-refractivity contribution in [2.24, 2.45) is 5.41 Å². The van der Waals surface area contributed by atoms with E-state index in [9.17, 15) is 9.90 Å². The van der Waals surface area contributed by atoms with Crippen LogP contribution in [0.25, 0.3) is 11.0 Å². The zero-order chi connectivity index (χ0) is 22.6. The molecule has 174 valence electrons. The first-order valence-electron chi connectivity index (χ1n) is 12.3. The molecule has 2 N–H and O–H groups in total. The molecule has 2 fully saturated rings. The molecule has 8 nitrogen and oxygen atoms in total. The van der Waals surface area contributed by atoms with Crippen molar-refractivity contribution in [1.29, 1.82) is 0 Å². The van der Waals surface area contributed by atoms with Gasteiger partial charge in [-0.2, -0.15) is 5.10 Å². The van der Waals surface area contributed by atoms with Gasteiger partial charge >= 0.3 is 6.09 Å². The largest absolute Gasteiger partial charge is 0.465 e. The van der Waals surface area contributed by atoms with E-state index in [1.54, 1.807) is 0 Å². The second kappa shape index (κ2) is 7.87. The van der Waals surface area contributed by atoms with Gasteiger partial charge in [0.2, 0.25) is 0 Å². The molecule has 3 aromatic rings. The first-order chi connectivity index (χ1) is 16.0. The summed E-state index contributed by atoms with van der Waals surface area (Å²) in [7, 11) is 0. The molecule has 0 bridgehead atoms. The molecule has 1 spiro atoms. The first-order valence-corrected chi connectivity index (χ1v) is 12.3. The number of benzene rings is 1. The van der Waals surface area contributed by atoms with Crippen LogP contribution in [-0.2, 0) is 19.4 Å². The third-order valence-electron chi connectivity index (χ3n) is 8.24. The fourth-order valence-electron chi connectivity index (χ4n) is 6.27. The first kappa shape index (κ1) is 20.7. The van der Waals surface area contributed by atoms with E-state index in [-0.39, 0.29) is 6.04 Å². The van der Waals surface area contributed by atoms with Gasteiger partial charge in [0.25, 0.3) is 0 Å². The molecule has 2 aliphatic heterocycles. The summed E-state index contributed by atoms with van der Waals surface area (Å²) < 4.78 is 4.45. The van der Waals surface area contributed by atoms with E-state index in [2.05, 4.69) is 21.0 Å². The minimum atomic E-state index is -0.882. The number of hydrogen-bond acceptors (Lipinski definition) is 4. The molecule has 1 aromatic carbocycles. The highest BCUT2D eigenvalue weighted by atomic mass is 16.4. The Morgan fingerprint density at radius 2 is 2.06 bits per heavy atom. The van der Waals surface area contributed by atoms with Gasteiger partial charge in [0.1, 0.15) is 5.82 Å². The number of imidazole rings is 1. The number of carbonyl (C=O) groups is 1. The van der Waals surface area contributed by atoms with Crippen LogP contribution in [0.2, 0.25) is 0 Å². The molecule has 1 aliphatic carbocycles. The summed E-state index contributed by atoms with van der Waals surface area (Å²) in [6.45, 7) is 5.10. The fourth-order valence-corrected chi connectivity index (χ4v) is 6.27. The molecule has 6 rings (SSSR count). The van der Waals surface area contributed by atoms with Crippen molar-refractivity contribution in [3.63, 3.8) is 0 Å². The molecule has 1 amide bonds. The SMILES string of the molecule is C[C@H]1CCc2c(ccc3c2nc(CCn2cccn2)n3C2CCC3(CC2)CNC3)N1C(=O)O. The maximum Gasteiger partial charge on any atom is 0.412 e. The van der Waals surface area contributed by atoms with E-state index in [4.69, 9.17) is 4.98 Å². The predicted molar refractivity (Wildman–Crippen MR) is 127 cm³/mol. The van der Waals surface area contributed by atoms with Gasteiger partial charge in [-0.15, -0.1) is 0 Å². The van der Waals surface area contributed by atoms with Crippen molar-refractivity contribution in [2.45, 2.75) is 70.5 Å².